The predicted octanol–water partition coefficient (Wildman–Crippen LogP) is 1.91. The molecule has 25 heavy (non-hydrogen) atoms. The lowest BCUT2D eigenvalue weighted by Crippen LogP contribution is -2.26. The second-order valence-electron chi connectivity index (χ2n) is 5.64. The van der Waals surface area contributed by atoms with Crippen molar-refractivity contribution >= 4 is 38.5 Å². The number of hydrogen-bond acceptors (Lipinski definition) is 6. The van der Waals surface area contributed by atoms with Gasteiger partial charge in [0.2, 0.25) is 0 Å². The molecule has 8 heteroatoms. The Morgan fingerprint density at radius 3 is 2.68 bits per heavy atom. The Balaban J connectivity index is 1.71. The fourth-order valence-electron chi connectivity index (χ4n) is 2.28. The molecule has 3 rings (SSSR count). The number of fused-ring (bicyclic) bond motifs is 1. The number of anilines is 1. The minimum Gasteiger partial charge on any atom is -0.375 e. The Kier molecular flexibility index (Phi) is 4.62. The molecule has 0 spiro atoms. The second kappa shape index (κ2) is 6.86. The molecular formula is C17H17N5O2S. The Labute approximate surface area is 148 Å². The lowest BCUT2D eigenvalue weighted by molar-refractivity contribution is 0.0821. The van der Waals surface area contributed by atoms with Gasteiger partial charge in [0.05, 0.1) is 10.2 Å². The molecule has 0 fully saturated rings. The summed E-state index contributed by atoms with van der Waals surface area (Å²) in [4.78, 5) is 34.0. The van der Waals surface area contributed by atoms with Crippen LogP contribution in [0, 0.1) is 0 Å². The van der Waals surface area contributed by atoms with Crippen molar-refractivity contribution in [3.63, 3.8) is 0 Å². The van der Waals surface area contributed by atoms with Gasteiger partial charge in [0.15, 0.2) is 5.13 Å². The summed E-state index contributed by atoms with van der Waals surface area (Å²) in [5.41, 5.74) is 7.91. The van der Waals surface area contributed by atoms with Crippen molar-refractivity contribution < 1.29 is 9.59 Å². The van der Waals surface area contributed by atoms with E-state index in [0.717, 1.165) is 15.8 Å². The van der Waals surface area contributed by atoms with E-state index in [4.69, 9.17) is 5.73 Å². The summed E-state index contributed by atoms with van der Waals surface area (Å²) in [7, 11) is 3.28. The van der Waals surface area contributed by atoms with E-state index < -0.39 is 0 Å². The summed E-state index contributed by atoms with van der Waals surface area (Å²) in [5, 5.41) is 3.33. The molecule has 0 unspecified atom stereocenters. The fraction of sp³-hybridized carbons (Fsp3) is 0.176. The largest absolute Gasteiger partial charge is 0.375 e. The summed E-state index contributed by atoms with van der Waals surface area (Å²) in [5.74, 6) is -0.583. The molecule has 2 amide bonds. The third kappa shape index (κ3) is 3.74. The third-order valence-corrected chi connectivity index (χ3v) is 4.38. The Morgan fingerprint density at radius 2 is 1.92 bits per heavy atom. The van der Waals surface area contributed by atoms with Gasteiger partial charge < -0.3 is 16.0 Å². The zero-order chi connectivity index (χ0) is 18.0. The van der Waals surface area contributed by atoms with Gasteiger partial charge in [0, 0.05) is 20.6 Å². The van der Waals surface area contributed by atoms with Crippen LogP contribution in [0.5, 0.6) is 0 Å². The molecule has 3 N–H and O–H groups in total. The van der Waals surface area contributed by atoms with Gasteiger partial charge in [-0.1, -0.05) is 23.5 Å². The van der Waals surface area contributed by atoms with Gasteiger partial charge in [0.1, 0.15) is 11.4 Å². The molecule has 0 bridgehead atoms. The molecule has 2 aromatic heterocycles. The number of amides is 2. The summed E-state index contributed by atoms with van der Waals surface area (Å²) in [6.07, 6.45) is 0. The number of hydrogen-bond donors (Lipinski definition) is 2. The van der Waals surface area contributed by atoms with E-state index in [2.05, 4.69) is 15.3 Å². The van der Waals surface area contributed by atoms with Crippen LogP contribution in [-0.2, 0) is 6.54 Å². The van der Waals surface area contributed by atoms with Crippen LogP contribution >= 0.6 is 11.3 Å². The second-order valence-corrected chi connectivity index (χ2v) is 6.71. The van der Waals surface area contributed by atoms with Crippen LogP contribution in [-0.4, -0.2) is 40.8 Å². The number of carbonyl (C=O) groups excluding carboxylic acids is 2. The molecule has 0 aliphatic heterocycles. The maximum Gasteiger partial charge on any atom is 0.271 e. The van der Waals surface area contributed by atoms with Crippen molar-refractivity contribution in [1.29, 1.82) is 0 Å². The first-order chi connectivity index (χ1) is 11.9. The zero-order valence-corrected chi connectivity index (χ0v) is 14.6. The minimum atomic E-state index is -0.336. The Bertz CT molecular complexity index is 951. The number of carbonyl (C=O) groups is 2. The van der Waals surface area contributed by atoms with Crippen molar-refractivity contribution in [3.8, 4) is 0 Å². The van der Waals surface area contributed by atoms with E-state index in [1.807, 2.05) is 18.2 Å². The van der Waals surface area contributed by atoms with E-state index in [1.54, 1.807) is 32.3 Å². The lowest BCUT2D eigenvalue weighted by Gasteiger charge is -2.10. The quantitative estimate of drug-likeness (QED) is 0.744. The molecule has 0 saturated carbocycles. The SMILES string of the molecule is CN(C)C(=O)c1cccc(C(=O)NCc2ccc3nc(N)sc3c2)n1. The van der Waals surface area contributed by atoms with Crippen LogP contribution in [0.3, 0.4) is 0 Å². The zero-order valence-electron chi connectivity index (χ0n) is 13.8. The van der Waals surface area contributed by atoms with E-state index >= 15 is 0 Å². The normalized spacial score (nSPS) is 10.6. The first-order valence-electron chi connectivity index (χ1n) is 7.56. The number of rotatable bonds is 4. The number of benzene rings is 1. The van der Waals surface area contributed by atoms with Gasteiger partial charge in [-0.25, -0.2) is 9.97 Å². The van der Waals surface area contributed by atoms with E-state index in [1.165, 1.54) is 16.2 Å². The minimum absolute atomic E-state index is 0.204. The predicted molar refractivity (Wildman–Crippen MR) is 97.5 cm³/mol. The Hall–Kier alpha value is -3.00. The molecule has 3 aromatic rings. The van der Waals surface area contributed by atoms with Crippen molar-refractivity contribution in [2.45, 2.75) is 6.54 Å². The molecule has 0 saturated heterocycles. The van der Waals surface area contributed by atoms with Gasteiger partial charge in [-0.15, -0.1) is 0 Å². The van der Waals surface area contributed by atoms with Crippen molar-refractivity contribution in [2.75, 3.05) is 19.8 Å². The van der Waals surface area contributed by atoms with Gasteiger partial charge in [0.25, 0.3) is 11.8 Å². The van der Waals surface area contributed by atoms with Crippen molar-refractivity contribution in [2.24, 2.45) is 0 Å². The van der Waals surface area contributed by atoms with Crippen LogP contribution in [0.15, 0.2) is 36.4 Å². The van der Waals surface area contributed by atoms with E-state index in [-0.39, 0.29) is 23.2 Å². The van der Waals surface area contributed by atoms with Crippen LogP contribution in [0.2, 0.25) is 0 Å². The van der Waals surface area contributed by atoms with Gasteiger partial charge in [-0.3, -0.25) is 9.59 Å². The van der Waals surface area contributed by atoms with Crippen LogP contribution in [0.1, 0.15) is 26.5 Å². The highest BCUT2D eigenvalue weighted by Gasteiger charge is 2.13. The number of thiazole rings is 1. The standard InChI is InChI=1S/C17H17N5O2S/c1-22(2)16(24)13-5-3-4-12(20-13)15(23)19-9-10-6-7-11-14(8-10)25-17(18)21-11/h3-8H,9H2,1-2H3,(H2,18,21)(H,19,23). The van der Waals surface area contributed by atoms with Gasteiger partial charge in [-0.05, 0) is 29.8 Å². The fourth-order valence-corrected chi connectivity index (χ4v) is 3.08. The number of pyridine rings is 1. The smallest absolute Gasteiger partial charge is 0.271 e. The number of nitrogens with two attached hydrogens (primary N) is 1. The van der Waals surface area contributed by atoms with E-state index in [9.17, 15) is 9.59 Å². The van der Waals surface area contributed by atoms with Gasteiger partial charge >= 0.3 is 0 Å². The Morgan fingerprint density at radius 1 is 1.16 bits per heavy atom. The molecule has 2 heterocycles. The summed E-state index contributed by atoms with van der Waals surface area (Å²) in [6, 6.07) is 10.5. The highest BCUT2D eigenvalue weighted by Crippen LogP contribution is 2.24. The van der Waals surface area contributed by atoms with Crippen molar-refractivity contribution in [1.82, 2.24) is 20.2 Å². The molecule has 7 nitrogen and oxygen atoms in total. The van der Waals surface area contributed by atoms with Crippen molar-refractivity contribution in [3.05, 3.63) is 53.3 Å². The average Bonchev–Trinajstić information content (AvgIpc) is 2.98. The lowest BCUT2D eigenvalue weighted by atomic mass is 10.2. The number of aromatic nitrogens is 2. The number of nitrogen functional groups attached to an aromatic ring is 1. The molecule has 0 radical (unpaired) electrons. The molecule has 0 aliphatic carbocycles. The molecule has 0 atom stereocenters. The summed E-state index contributed by atoms with van der Waals surface area (Å²) < 4.78 is 0.973. The molecule has 128 valence electrons. The molecule has 1 aromatic carbocycles. The highest BCUT2D eigenvalue weighted by molar-refractivity contribution is 7.22. The van der Waals surface area contributed by atoms with Gasteiger partial charge in [-0.2, -0.15) is 0 Å². The summed E-state index contributed by atoms with van der Waals surface area (Å²) in [6.45, 7) is 0.347. The van der Waals surface area contributed by atoms with Crippen LogP contribution < -0.4 is 11.1 Å². The first-order valence-corrected chi connectivity index (χ1v) is 8.37. The molecular weight excluding hydrogens is 338 g/mol. The average molecular weight is 355 g/mol. The van der Waals surface area contributed by atoms with Crippen LogP contribution in [0.4, 0.5) is 5.13 Å². The topological polar surface area (TPSA) is 101 Å². The number of nitrogens with one attached hydrogen (secondary N) is 1. The third-order valence-electron chi connectivity index (χ3n) is 3.53. The first kappa shape index (κ1) is 16.8. The maximum absolute atomic E-state index is 12.3. The monoisotopic (exact) mass is 355 g/mol. The summed E-state index contributed by atoms with van der Waals surface area (Å²) >= 11 is 1.40. The molecule has 0 aliphatic rings. The number of nitrogens with zero attached hydrogens (tertiary/aromatic N) is 3. The maximum atomic E-state index is 12.3. The van der Waals surface area contributed by atoms with E-state index in [0.29, 0.717) is 11.7 Å². The van der Waals surface area contributed by atoms with Crippen LogP contribution in [0.25, 0.3) is 10.2 Å². The highest BCUT2D eigenvalue weighted by atomic mass is 32.1.